The normalized spacial score (nSPS) is 14.7. The zero-order valence-electron chi connectivity index (χ0n) is 17.9. The largest absolute Gasteiger partial charge is 0.493 e. The number of carbonyl (C=O) groups excluding carboxylic acids is 1. The van der Waals surface area contributed by atoms with Crippen molar-refractivity contribution in [2.24, 2.45) is 0 Å². The highest BCUT2D eigenvalue weighted by Crippen LogP contribution is 2.39. The number of esters is 1. The lowest BCUT2D eigenvalue weighted by molar-refractivity contribution is -0.164. The summed E-state index contributed by atoms with van der Waals surface area (Å²) >= 11 is 0. The van der Waals surface area contributed by atoms with Gasteiger partial charge in [-0.1, -0.05) is 18.2 Å². The van der Waals surface area contributed by atoms with Gasteiger partial charge < -0.3 is 14.2 Å². The molecule has 2 aromatic carbocycles. The van der Waals surface area contributed by atoms with Crippen LogP contribution in [0.25, 0.3) is 22.0 Å². The van der Waals surface area contributed by atoms with Gasteiger partial charge in [0.05, 0.1) is 24.8 Å². The lowest BCUT2D eigenvalue weighted by Crippen LogP contribution is -2.28. The van der Waals surface area contributed by atoms with Gasteiger partial charge in [0.2, 0.25) is 0 Å². The first-order valence-corrected chi connectivity index (χ1v) is 10.3. The van der Waals surface area contributed by atoms with E-state index in [1.54, 1.807) is 6.20 Å². The number of methoxy groups -OCH3 is 1. The molecule has 1 aromatic heterocycles. The van der Waals surface area contributed by atoms with Crippen molar-refractivity contribution >= 4 is 16.9 Å². The first-order chi connectivity index (χ1) is 14.4. The molecule has 0 N–H and O–H groups in total. The molecule has 0 bridgehead atoms. The van der Waals surface area contributed by atoms with Crippen molar-refractivity contribution in [1.82, 2.24) is 4.98 Å². The van der Waals surface area contributed by atoms with Gasteiger partial charge in [0.25, 0.3) is 0 Å². The maximum atomic E-state index is 12.9. The fraction of sp³-hybridized carbons (Fsp3) is 0.360. The molecule has 0 aliphatic carbocycles. The number of benzene rings is 2. The van der Waals surface area contributed by atoms with Crippen LogP contribution in [0.3, 0.4) is 0 Å². The van der Waals surface area contributed by atoms with E-state index in [2.05, 4.69) is 11.1 Å². The van der Waals surface area contributed by atoms with Crippen LogP contribution >= 0.6 is 0 Å². The molecule has 1 unspecified atom stereocenters. The SMILES string of the molecule is COC(=O)C(OC(C)(C)C)c1c(-c2ccc3c(c2)CCCO3)ccc2ncccc12. The van der Waals surface area contributed by atoms with Gasteiger partial charge in [-0.05, 0) is 74.6 Å². The molecular formula is C25H27NO4. The average molecular weight is 405 g/mol. The molecule has 0 saturated carbocycles. The molecule has 0 amide bonds. The van der Waals surface area contributed by atoms with E-state index in [1.165, 1.54) is 12.7 Å². The number of nitrogens with zero attached hydrogens (tertiary/aromatic N) is 1. The first-order valence-electron chi connectivity index (χ1n) is 10.3. The molecule has 3 aromatic rings. The van der Waals surface area contributed by atoms with Crippen molar-refractivity contribution < 1.29 is 19.0 Å². The van der Waals surface area contributed by atoms with Gasteiger partial charge in [0.15, 0.2) is 6.10 Å². The molecule has 0 radical (unpaired) electrons. The number of hydrogen-bond acceptors (Lipinski definition) is 5. The van der Waals surface area contributed by atoms with Crippen LogP contribution in [0.1, 0.15) is 44.4 Å². The average Bonchev–Trinajstić information content (AvgIpc) is 2.75. The minimum atomic E-state index is -0.870. The lowest BCUT2D eigenvalue weighted by Gasteiger charge is -2.28. The zero-order valence-corrected chi connectivity index (χ0v) is 17.9. The topological polar surface area (TPSA) is 57.7 Å². The highest BCUT2D eigenvalue weighted by Gasteiger charge is 2.32. The number of hydrogen-bond donors (Lipinski definition) is 0. The first kappa shape index (κ1) is 20.4. The summed E-state index contributed by atoms with van der Waals surface area (Å²) in [5.41, 5.74) is 4.18. The number of carbonyl (C=O) groups is 1. The third kappa shape index (κ3) is 4.03. The molecule has 1 aliphatic rings. The van der Waals surface area contributed by atoms with Crippen LogP contribution in [-0.2, 0) is 20.7 Å². The van der Waals surface area contributed by atoms with Gasteiger partial charge in [-0.15, -0.1) is 0 Å². The summed E-state index contributed by atoms with van der Waals surface area (Å²) in [7, 11) is 1.39. The van der Waals surface area contributed by atoms with Crippen LogP contribution in [0.15, 0.2) is 48.7 Å². The van der Waals surface area contributed by atoms with Crippen LogP contribution < -0.4 is 4.74 Å². The van der Waals surface area contributed by atoms with Crippen molar-refractivity contribution in [1.29, 1.82) is 0 Å². The summed E-state index contributed by atoms with van der Waals surface area (Å²) in [5.74, 6) is 0.508. The second-order valence-electron chi connectivity index (χ2n) is 8.50. The third-order valence-corrected chi connectivity index (χ3v) is 5.20. The van der Waals surface area contributed by atoms with E-state index in [4.69, 9.17) is 14.2 Å². The summed E-state index contributed by atoms with van der Waals surface area (Å²) in [6, 6.07) is 14.1. The Hall–Kier alpha value is -2.92. The Morgan fingerprint density at radius 3 is 2.77 bits per heavy atom. The summed E-state index contributed by atoms with van der Waals surface area (Å²) in [6.45, 7) is 6.55. The summed E-state index contributed by atoms with van der Waals surface area (Å²) < 4.78 is 17.1. The van der Waals surface area contributed by atoms with Gasteiger partial charge in [-0.2, -0.15) is 0 Å². The Morgan fingerprint density at radius 1 is 1.17 bits per heavy atom. The smallest absolute Gasteiger partial charge is 0.339 e. The lowest BCUT2D eigenvalue weighted by atomic mass is 9.90. The fourth-order valence-corrected chi connectivity index (χ4v) is 3.92. The predicted octanol–water partition coefficient (Wildman–Crippen LogP) is 5.26. The number of aromatic nitrogens is 1. The van der Waals surface area contributed by atoms with E-state index in [9.17, 15) is 4.79 Å². The number of rotatable bonds is 4. The number of aryl methyl sites for hydroxylation is 1. The summed E-state index contributed by atoms with van der Waals surface area (Å²) in [4.78, 5) is 17.3. The Morgan fingerprint density at radius 2 is 2.00 bits per heavy atom. The van der Waals surface area contributed by atoms with Gasteiger partial charge in [-0.3, -0.25) is 4.98 Å². The van der Waals surface area contributed by atoms with Crippen molar-refractivity contribution in [3.8, 4) is 16.9 Å². The molecule has 30 heavy (non-hydrogen) atoms. The molecule has 1 atom stereocenters. The highest BCUT2D eigenvalue weighted by atomic mass is 16.6. The van der Waals surface area contributed by atoms with Gasteiger partial charge in [0.1, 0.15) is 5.75 Å². The monoisotopic (exact) mass is 405 g/mol. The molecule has 0 spiro atoms. The molecule has 5 heteroatoms. The number of pyridine rings is 1. The Balaban J connectivity index is 1.95. The third-order valence-electron chi connectivity index (χ3n) is 5.20. The molecule has 4 rings (SSSR count). The minimum Gasteiger partial charge on any atom is -0.493 e. The van der Waals surface area contributed by atoms with Gasteiger partial charge in [-0.25, -0.2) is 4.79 Å². The van der Waals surface area contributed by atoms with Crippen molar-refractivity contribution in [3.05, 3.63) is 59.8 Å². The molecule has 2 heterocycles. The molecule has 1 aliphatic heterocycles. The highest BCUT2D eigenvalue weighted by molar-refractivity contribution is 5.94. The van der Waals surface area contributed by atoms with Crippen molar-refractivity contribution in [2.75, 3.05) is 13.7 Å². The molecule has 0 saturated heterocycles. The summed E-state index contributed by atoms with van der Waals surface area (Å²) in [6.07, 6.45) is 2.86. The zero-order chi connectivity index (χ0) is 21.3. The standard InChI is InChI=1S/C25H27NO4/c1-25(2,3)30-23(24(27)28-4)22-18(10-11-20-19(22)8-5-13-26-20)16-9-12-21-17(15-16)7-6-14-29-21/h5,8-13,15,23H,6-7,14H2,1-4H3. The predicted molar refractivity (Wildman–Crippen MR) is 117 cm³/mol. The van der Waals surface area contributed by atoms with Gasteiger partial charge in [0, 0.05) is 17.1 Å². The number of ether oxygens (including phenoxy) is 3. The number of fused-ring (bicyclic) bond motifs is 2. The van der Waals surface area contributed by atoms with Crippen LogP contribution in [0.5, 0.6) is 5.75 Å². The van der Waals surface area contributed by atoms with Crippen LogP contribution in [-0.4, -0.2) is 30.3 Å². The van der Waals surface area contributed by atoms with E-state index in [-0.39, 0.29) is 0 Å². The van der Waals surface area contributed by atoms with E-state index in [1.807, 2.05) is 57.2 Å². The van der Waals surface area contributed by atoms with E-state index in [0.29, 0.717) is 0 Å². The van der Waals surface area contributed by atoms with E-state index >= 15 is 0 Å². The summed E-state index contributed by atoms with van der Waals surface area (Å²) in [5, 5.41) is 0.878. The molecule has 156 valence electrons. The maximum absolute atomic E-state index is 12.9. The van der Waals surface area contributed by atoms with Crippen molar-refractivity contribution in [3.63, 3.8) is 0 Å². The van der Waals surface area contributed by atoms with E-state index < -0.39 is 17.7 Å². The maximum Gasteiger partial charge on any atom is 0.339 e. The Bertz CT molecular complexity index is 1080. The Kier molecular flexibility index (Phi) is 5.48. The molecule has 0 fully saturated rings. The van der Waals surface area contributed by atoms with E-state index in [0.717, 1.165) is 52.8 Å². The molecule has 5 nitrogen and oxygen atoms in total. The fourth-order valence-electron chi connectivity index (χ4n) is 3.92. The van der Waals surface area contributed by atoms with Crippen LogP contribution in [0.2, 0.25) is 0 Å². The Labute approximate surface area is 177 Å². The second kappa shape index (κ2) is 8.07. The van der Waals surface area contributed by atoms with Crippen LogP contribution in [0.4, 0.5) is 0 Å². The quantitative estimate of drug-likeness (QED) is 0.555. The second-order valence-corrected chi connectivity index (χ2v) is 8.50. The molecular weight excluding hydrogens is 378 g/mol. The van der Waals surface area contributed by atoms with Crippen molar-refractivity contribution in [2.45, 2.75) is 45.3 Å². The minimum absolute atomic E-state index is 0.427. The van der Waals surface area contributed by atoms with Crippen LogP contribution in [0, 0.1) is 0 Å². The van der Waals surface area contributed by atoms with Gasteiger partial charge >= 0.3 is 5.97 Å².